The Morgan fingerprint density at radius 2 is 2.14 bits per heavy atom. The fourth-order valence-corrected chi connectivity index (χ4v) is 6.12. The highest BCUT2D eigenvalue weighted by Gasteiger charge is 2.31. The highest BCUT2D eigenvalue weighted by Crippen LogP contribution is 2.33. The van der Waals surface area contributed by atoms with Crippen molar-refractivity contribution in [2.24, 2.45) is 0 Å². The zero-order chi connectivity index (χ0) is 15.5. The second-order valence-corrected chi connectivity index (χ2v) is 10.5. The molecule has 2 rings (SSSR count). The summed E-state index contributed by atoms with van der Waals surface area (Å²) in [7, 11) is -3.34. The Morgan fingerprint density at radius 1 is 1.38 bits per heavy atom. The average Bonchev–Trinajstić information content (AvgIpc) is 2.81. The normalized spacial score (nSPS) is 20.3. The molecule has 1 aromatic rings. The van der Waals surface area contributed by atoms with E-state index in [-0.39, 0.29) is 4.75 Å². The van der Waals surface area contributed by atoms with Gasteiger partial charge in [0, 0.05) is 40.4 Å². The molecule has 1 saturated heterocycles. The Balaban J connectivity index is 2.12. The third kappa shape index (κ3) is 4.45. The molecule has 0 amide bonds. The van der Waals surface area contributed by atoms with E-state index >= 15 is 0 Å². The molecule has 1 N–H and O–H groups in total. The van der Waals surface area contributed by atoms with Crippen LogP contribution in [0.15, 0.2) is 16.3 Å². The first-order chi connectivity index (χ1) is 9.85. The summed E-state index contributed by atoms with van der Waals surface area (Å²) in [5, 5.41) is 5.00. The highest BCUT2D eigenvalue weighted by atomic mass is 32.2. The Kier molecular flexibility index (Phi) is 5.76. The number of hydrogen-bond donors (Lipinski definition) is 1. The van der Waals surface area contributed by atoms with Gasteiger partial charge in [0.25, 0.3) is 0 Å². The maximum atomic E-state index is 12.7. The number of nitrogens with zero attached hydrogens (tertiary/aromatic N) is 1. The fourth-order valence-electron chi connectivity index (χ4n) is 2.23. The van der Waals surface area contributed by atoms with Crippen molar-refractivity contribution < 1.29 is 8.42 Å². The zero-order valence-electron chi connectivity index (χ0n) is 12.9. The van der Waals surface area contributed by atoms with Crippen molar-refractivity contribution in [3.8, 4) is 0 Å². The van der Waals surface area contributed by atoms with Gasteiger partial charge in [0.2, 0.25) is 10.0 Å². The summed E-state index contributed by atoms with van der Waals surface area (Å²) < 4.78 is 27.3. The topological polar surface area (TPSA) is 49.4 Å². The molecule has 0 unspecified atom stereocenters. The number of thiophene rings is 1. The number of rotatable bonds is 5. The van der Waals surface area contributed by atoms with Crippen LogP contribution in [0.4, 0.5) is 0 Å². The SMILES string of the molecule is CCNCc1cc(S(=O)(=O)N2CCSC(C)(C)CC2)cs1. The van der Waals surface area contributed by atoms with Gasteiger partial charge < -0.3 is 5.32 Å². The van der Waals surface area contributed by atoms with Gasteiger partial charge in [0.05, 0.1) is 4.90 Å². The van der Waals surface area contributed by atoms with Gasteiger partial charge >= 0.3 is 0 Å². The van der Waals surface area contributed by atoms with Gasteiger partial charge in [0.1, 0.15) is 0 Å². The van der Waals surface area contributed by atoms with Crippen molar-refractivity contribution in [3.63, 3.8) is 0 Å². The van der Waals surface area contributed by atoms with Crippen LogP contribution in [0.1, 0.15) is 32.1 Å². The Morgan fingerprint density at radius 3 is 2.86 bits per heavy atom. The monoisotopic (exact) mass is 348 g/mol. The van der Waals surface area contributed by atoms with Crippen molar-refractivity contribution >= 4 is 33.1 Å². The van der Waals surface area contributed by atoms with Gasteiger partial charge in [0.15, 0.2) is 0 Å². The summed E-state index contributed by atoms with van der Waals surface area (Å²) in [6.07, 6.45) is 0.894. The number of hydrogen-bond acceptors (Lipinski definition) is 5. The Labute approximate surface area is 136 Å². The van der Waals surface area contributed by atoms with Gasteiger partial charge in [-0.2, -0.15) is 16.1 Å². The van der Waals surface area contributed by atoms with Crippen LogP contribution in [-0.2, 0) is 16.6 Å². The maximum Gasteiger partial charge on any atom is 0.243 e. The zero-order valence-corrected chi connectivity index (χ0v) is 15.3. The summed E-state index contributed by atoms with van der Waals surface area (Å²) in [5.41, 5.74) is 0. The third-order valence-corrected chi connectivity index (χ3v) is 7.95. The first-order valence-corrected chi connectivity index (χ1v) is 10.6. The van der Waals surface area contributed by atoms with E-state index in [1.807, 2.05) is 24.8 Å². The second kappa shape index (κ2) is 7.00. The van der Waals surface area contributed by atoms with Gasteiger partial charge in [-0.25, -0.2) is 8.42 Å². The molecule has 0 saturated carbocycles. The lowest BCUT2D eigenvalue weighted by atomic mass is 10.1. The first-order valence-electron chi connectivity index (χ1n) is 7.27. The van der Waals surface area contributed by atoms with Crippen molar-refractivity contribution in [3.05, 3.63) is 16.3 Å². The smallest absolute Gasteiger partial charge is 0.243 e. The molecule has 1 aliphatic heterocycles. The van der Waals surface area contributed by atoms with Crippen LogP contribution < -0.4 is 5.32 Å². The molecular weight excluding hydrogens is 324 g/mol. The van der Waals surface area contributed by atoms with E-state index in [0.29, 0.717) is 18.0 Å². The van der Waals surface area contributed by atoms with Gasteiger partial charge in [-0.15, -0.1) is 11.3 Å². The fraction of sp³-hybridized carbons (Fsp3) is 0.714. The van der Waals surface area contributed by atoms with E-state index in [0.717, 1.165) is 30.1 Å². The van der Waals surface area contributed by atoms with Crippen LogP contribution in [0.3, 0.4) is 0 Å². The highest BCUT2D eigenvalue weighted by molar-refractivity contribution is 8.00. The number of sulfonamides is 1. The molecule has 7 heteroatoms. The molecule has 21 heavy (non-hydrogen) atoms. The molecule has 0 aromatic carbocycles. The van der Waals surface area contributed by atoms with E-state index in [2.05, 4.69) is 19.2 Å². The molecule has 0 radical (unpaired) electrons. The molecule has 2 heterocycles. The Hall–Kier alpha value is -0.0800. The predicted octanol–water partition coefficient (Wildman–Crippen LogP) is 2.76. The molecule has 0 spiro atoms. The lowest BCUT2D eigenvalue weighted by Crippen LogP contribution is -2.33. The van der Waals surface area contributed by atoms with Gasteiger partial charge in [-0.05, 0) is 19.0 Å². The van der Waals surface area contributed by atoms with Crippen LogP contribution in [0.2, 0.25) is 0 Å². The molecular formula is C14H24N2O2S3. The number of nitrogens with one attached hydrogen (secondary N) is 1. The molecule has 0 aliphatic carbocycles. The van der Waals surface area contributed by atoms with E-state index in [4.69, 9.17) is 0 Å². The van der Waals surface area contributed by atoms with Crippen molar-refractivity contribution in [1.29, 1.82) is 0 Å². The largest absolute Gasteiger partial charge is 0.312 e. The van der Waals surface area contributed by atoms with E-state index in [1.165, 1.54) is 11.3 Å². The van der Waals surface area contributed by atoms with Crippen molar-refractivity contribution in [2.75, 3.05) is 25.4 Å². The molecule has 120 valence electrons. The van der Waals surface area contributed by atoms with Crippen molar-refractivity contribution in [2.45, 2.75) is 43.4 Å². The van der Waals surface area contributed by atoms with Crippen LogP contribution in [0.5, 0.6) is 0 Å². The summed E-state index contributed by atoms with van der Waals surface area (Å²) in [6.45, 7) is 9.26. The average molecular weight is 349 g/mol. The molecule has 0 bridgehead atoms. The van der Waals surface area contributed by atoms with E-state index in [9.17, 15) is 8.42 Å². The third-order valence-electron chi connectivity index (χ3n) is 3.61. The van der Waals surface area contributed by atoms with Crippen LogP contribution in [0.25, 0.3) is 0 Å². The van der Waals surface area contributed by atoms with E-state index < -0.39 is 10.0 Å². The lowest BCUT2D eigenvalue weighted by Gasteiger charge is -2.22. The van der Waals surface area contributed by atoms with Crippen molar-refractivity contribution in [1.82, 2.24) is 9.62 Å². The molecule has 4 nitrogen and oxygen atoms in total. The summed E-state index contributed by atoms with van der Waals surface area (Å²) in [4.78, 5) is 1.52. The van der Waals surface area contributed by atoms with Crippen LogP contribution >= 0.6 is 23.1 Å². The molecule has 1 fully saturated rings. The first kappa shape index (κ1) is 17.3. The van der Waals surface area contributed by atoms with E-state index in [1.54, 1.807) is 9.69 Å². The predicted molar refractivity (Wildman–Crippen MR) is 91.6 cm³/mol. The summed E-state index contributed by atoms with van der Waals surface area (Å²) >= 11 is 3.37. The summed E-state index contributed by atoms with van der Waals surface area (Å²) in [5.74, 6) is 0.862. The minimum atomic E-state index is -3.34. The minimum absolute atomic E-state index is 0.162. The molecule has 1 aromatic heterocycles. The Bertz CT molecular complexity index is 567. The second-order valence-electron chi connectivity index (χ2n) is 5.79. The lowest BCUT2D eigenvalue weighted by molar-refractivity contribution is 0.415. The van der Waals surface area contributed by atoms with Gasteiger partial charge in [-0.3, -0.25) is 0 Å². The molecule has 1 aliphatic rings. The van der Waals surface area contributed by atoms with Crippen LogP contribution in [-0.4, -0.2) is 42.9 Å². The summed E-state index contributed by atoms with van der Waals surface area (Å²) in [6, 6.07) is 1.81. The van der Waals surface area contributed by atoms with Gasteiger partial charge in [-0.1, -0.05) is 20.8 Å². The minimum Gasteiger partial charge on any atom is -0.312 e. The van der Waals surface area contributed by atoms with Crippen LogP contribution in [0, 0.1) is 0 Å². The number of thioether (sulfide) groups is 1. The quantitative estimate of drug-likeness (QED) is 0.889. The standard InChI is InChI=1S/C14H24N2O2S3/c1-4-15-10-12-9-13(11-19-12)21(17,18)16-6-5-14(2,3)20-8-7-16/h9,11,15H,4-8,10H2,1-3H3. The maximum absolute atomic E-state index is 12.7. The molecule has 0 atom stereocenters.